The number of hydrogen-bond donors (Lipinski definition) is 3. The van der Waals surface area contributed by atoms with Crippen molar-refractivity contribution in [3.8, 4) is 0 Å². The molecule has 4 nitrogen and oxygen atoms in total. The Balaban J connectivity index is 1.71. The SMILES string of the molecule is CNC1CC[C@H]1NC(=O)NCc1ccccc1. The fourth-order valence-electron chi connectivity index (χ4n) is 2.02. The Morgan fingerprint density at radius 3 is 2.53 bits per heavy atom. The Labute approximate surface area is 102 Å². The van der Waals surface area contributed by atoms with E-state index >= 15 is 0 Å². The predicted octanol–water partition coefficient (Wildman–Crippen LogP) is 1.24. The van der Waals surface area contributed by atoms with E-state index in [4.69, 9.17) is 0 Å². The summed E-state index contributed by atoms with van der Waals surface area (Å²) in [6, 6.07) is 10.5. The number of amides is 2. The van der Waals surface area contributed by atoms with Crippen LogP contribution in [0.4, 0.5) is 4.79 Å². The van der Waals surface area contributed by atoms with Gasteiger partial charge in [0.15, 0.2) is 0 Å². The zero-order valence-electron chi connectivity index (χ0n) is 10.1. The lowest BCUT2D eigenvalue weighted by Crippen LogP contribution is -2.57. The molecule has 3 N–H and O–H groups in total. The van der Waals surface area contributed by atoms with Crippen molar-refractivity contribution in [1.82, 2.24) is 16.0 Å². The predicted molar refractivity (Wildman–Crippen MR) is 67.7 cm³/mol. The largest absolute Gasteiger partial charge is 0.334 e. The standard InChI is InChI=1S/C13H19N3O/c1-14-11-7-8-12(11)16-13(17)15-9-10-5-3-2-4-6-10/h2-6,11-12,14H,7-9H2,1H3,(H2,15,16,17)/t11?,12-/m1/s1. The minimum Gasteiger partial charge on any atom is -0.334 e. The van der Waals surface area contributed by atoms with E-state index < -0.39 is 0 Å². The van der Waals surface area contributed by atoms with E-state index in [-0.39, 0.29) is 12.1 Å². The lowest BCUT2D eigenvalue weighted by atomic mass is 9.86. The molecule has 1 aromatic carbocycles. The summed E-state index contributed by atoms with van der Waals surface area (Å²) in [6.07, 6.45) is 2.20. The summed E-state index contributed by atoms with van der Waals surface area (Å²) in [7, 11) is 1.93. The lowest BCUT2D eigenvalue weighted by Gasteiger charge is -2.36. The van der Waals surface area contributed by atoms with Crippen molar-refractivity contribution in [2.75, 3.05) is 7.05 Å². The molecule has 92 valence electrons. The molecule has 1 aromatic rings. The Bertz CT molecular complexity index is 364. The summed E-state index contributed by atoms with van der Waals surface area (Å²) < 4.78 is 0. The zero-order chi connectivity index (χ0) is 12.1. The molecule has 1 unspecified atom stereocenters. The fourth-order valence-corrected chi connectivity index (χ4v) is 2.02. The molecule has 0 saturated heterocycles. The van der Waals surface area contributed by atoms with Crippen molar-refractivity contribution in [3.63, 3.8) is 0 Å². The molecule has 0 aliphatic heterocycles. The number of hydrogen-bond acceptors (Lipinski definition) is 2. The molecule has 1 aliphatic carbocycles. The first-order valence-corrected chi connectivity index (χ1v) is 6.05. The topological polar surface area (TPSA) is 53.2 Å². The first kappa shape index (κ1) is 11.9. The lowest BCUT2D eigenvalue weighted by molar-refractivity contribution is 0.212. The number of urea groups is 1. The first-order chi connectivity index (χ1) is 8.29. The molecule has 1 saturated carbocycles. The molecular formula is C13H19N3O. The van der Waals surface area contributed by atoms with Crippen LogP contribution in [0.25, 0.3) is 0 Å². The van der Waals surface area contributed by atoms with Gasteiger partial charge in [-0.15, -0.1) is 0 Å². The summed E-state index contributed by atoms with van der Waals surface area (Å²) >= 11 is 0. The molecule has 0 heterocycles. The van der Waals surface area contributed by atoms with E-state index in [1.807, 2.05) is 37.4 Å². The van der Waals surface area contributed by atoms with Gasteiger partial charge in [0.05, 0.1) is 0 Å². The quantitative estimate of drug-likeness (QED) is 0.733. The Hall–Kier alpha value is -1.55. The third kappa shape index (κ3) is 3.20. The maximum absolute atomic E-state index is 11.6. The molecule has 2 atom stereocenters. The molecule has 1 fully saturated rings. The molecule has 0 aromatic heterocycles. The van der Waals surface area contributed by atoms with Gasteiger partial charge in [-0.05, 0) is 25.5 Å². The van der Waals surface area contributed by atoms with Crippen molar-refractivity contribution in [3.05, 3.63) is 35.9 Å². The van der Waals surface area contributed by atoms with Crippen molar-refractivity contribution in [2.24, 2.45) is 0 Å². The minimum atomic E-state index is -0.0844. The van der Waals surface area contributed by atoms with E-state index in [0.29, 0.717) is 12.6 Å². The number of carbonyl (C=O) groups excluding carboxylic acids is 1. The second-order valence-electron chi connectivity index (χ2n) is 4.39. The summed E-state index contributed by atoms with van der Waals surface area (Å²) in [5.41, 5.74) is 1.11. The van der Waals surface area contributed by atoms with Crippen LogP contribution in [-0.4, -0.2) is 25.2 Å². The van der Waals surface area contributed by atoms with E-state index in [1.165, 1.54) is 0 Å². The maximum Gasteiger partial charge on any atom is 0.315 e. The number of rotatable bonds is 4. The van der Waals surface area contributed by atoms with Crippen LogP contribution in [0.15, 0.2) is 30.3 Å². The van der Waals surface area contributed by atoms with E-state index in [1.54, 1.807) is 0 Å². The van der Waals surface area contributed by atoms with E-state index in [0.717, 1.165) is 18.4 Å². The Morgan fingerprint density at radius 1 is 1.24 bits per heavy atom. The molecule has 2 amide bonds. The molecule has 0 radical (unpaired) electrons. The van der Waals surface area contributed by atoms with Gasteiger partial charge >= 0.3 is 6.03 Å². The van der Waals surface area contributed by atoms with Crippen LogP contribution in [0.2, 0.25) is 0 Å². The van der Waals surface area contributed by atoms with Gasteiger partial charge in [0.25, 0.3) is 0 Å². The van der Waals surface area contributed by atoms with Crippen molar-refractivity contribution < 1.29 is 4.79 Å². The van der Waals surface area contributed by atoms with Gasteiger partial charge < -0.3 is 16.0 Å². The molecule has 0 bridgehead atoms. The highest BCUT2D eigenvalue weighted by Crippen LogP contribution is 2.18. The smallest absolute Gasteiger partial charge is 0.315 e. The third-order valence-corrected chi connectivity index (χ3v) is 3.26. The monoisotopic (exact) mass is 233 g/mol. The van der Waals surface area contributed by atoms with Gasteiger partial charge in [0.2, 0.25) is 0 Å². The van der Waals surface area contributed by atoms with E-state index in [9.17, 15) is 4.79 Å². The summed E-state index contributed by atoms with van der Waals surface area (Å²) in [6.45, 7) is 0.573. The van der Waals surface area contributed by atoms with E-state index in [2.05, 4.69) is 16.0 Å². The average molecular weight is 233 g/mol. The van der Waals surface area contributed by atoms with Crippen molar-refractivity contribution in [1.29, 1.82) is 0 Å². The van der Waals surface area contributed by atoms with Gasteiger partial charge in [-0.1, -0.05) is 30.3 Å². The van der Waals surface area contributed by atoms with Crippen LogP contribution in [-0.2, 0) is 6.54 Å². The van der Waals surface area contributed by atoms with Crippen molar-refractivity contribution >= 4 is 6.03 Å². The normalized spacial score (nSPS) is 22.6. The summed E-state index contributed by atoms with van der Waals surface area (Å²) in [5, 5.41) is 9.03. The van der Waals surface area contributed by atoms with Gasteiger partial charge in [-0.25, -0.2) is 4.79 Å². The molecule has 0 spiro atoms. The van der Waals surface area contributed by atoms with Crippen LogP contribution in [0.3, 0.4) is 0 Å². The highest BCUT2D eigenvalue weighted by atomic mass is 16.2. The summed E-state index contributed by atoms with van der Waals surface area (Å²) in [5.74, 6) is 0. The second kappa shape index (κ2) is 5.68. The number of nitrogens with one attached hydrogen (secondary N) is 3. The van der Waals surface area contributed by atoms with Crippen LogP contribution in [0, 0.1) is 0 Å². The molecular weight excluding hydrogens is 214 g/mol. The molecule has 17 heavy (non-hydrogen) atoms. The highest BCUT2D eigenvalue weighted by Gasteiger charge is 2.30. The minimum absolute atomic E-state index is 0.0844. The van der Waals surface area contributed by atoms with Crippen molar-refractivity contribution in [2.45, 2.75) is 31.5 Å². The Morgan fingerprint density at radius 2 is 1.94 bits per heavy atom. The van der Waals surface area contributed by atoms with Crippen LogP contribution in [0.5, 0.6) is 0 Å². The molecule has 1 aliphatic rings. The van der Waals surface area contributed by atoms with Gasteiger partial charge in [-0.3, -0.25) is 0 Å². The van der Waals surface area contributed by atoms with Gasteiger partial charge in [-0.2, -0.15) is 0 Å². The van der Waals surface area contributed by atoms with Gasteiger partial charge in [0, 0.05) is 18.6 Å². The third-order valence-electron chi connectivity index (χ3n) is 3.26. The second-order valence-corrected chi connectivity index (χ2v) is 4.39. The average Bonchev–Trinajstić information content (AvgIpc) is 2.34. The zero-order valence-corrected chi connectivity index (χ0v) is 10.1. The Kier molecular flexibility index (Phi) is 3.98. The molecule has 4 heteroatoms. The highest BCUT2D eigenvalue weighted by molar-refractivity contribution is 5.74. The number of benzene rings is 1. The van der Waals surface area contributed by atoms with Crippen LogP contribution < -0.4 is 16.0 Å². The molecule has 2 rings (SSSR count). The van der Waals surface area contributed by atoms with Crippen LogP contribution in [0.1, 0.15) is 18.4 Å². The fraction of sp³-hybridized carbons (Fsp3) is 0.462. The number of likely N-dealkylation sites (N-methyl/N-ethyl adjacent to an activating group) is 1. The maximum atomic E-state index is 11.6. The summed E-state index contributed by atoms with van der Waals surface area (Å²) in [4.78, 5) is 11.6. The number of carbonyl (C=O) groups is 1. The van der Waals surface area contributed by atoms with Crippen LogP contribution >= 0.6 is 0 Å². The first-order valence-electron chi connectivity index (χ1n) is 6.05. The van der Waals surface area contributed by atoms with Gasteiger partial charge in [0.1, 0.15) is 0 Å².